The van der Waals surface area contributed by atoms with E-state index < -0.39 is 0 Å². The molecule has 1 aromatic carbocycles. The number of aryl methyl sites for hydroxylation is 1. The largest absolute Gasteiger partial charge is 0.508 e. The molecule has 3 rings (SSSR count). The maximum absolute atomic E-state index is 9.41. The second-order valence-electron chi connectivity index (χ2n) is 4.55. The van der Waals surface area contributed by atoms with Crippen LogP contribution in [0.15, 0.2) is 18.2 Å². The highest BCUT2D eigenvalue weighted by Gasteiger charge is 2.40. The Bertz CT molecular complexity index is 367. The van der Waals surface area contributed by atoms with E-state index in [1.165, 1.54) is 24.0 Å². The molecular formula is C12H15NO. The first-order valence-corrected chi connectivity index (χ1v) is 5.33. The van der Waals surface area contributed by atoms with Crippen LogP contribution >= 0.6 is 0 Å². The van der Waals surface area contributed by atoms with Crippen molar-refractivity contribution in [2.75, 3.05) is 13.1 Å². The fraction of sp³-hybridized carbons (Fsp3) is 0.500. The van der Waals surface area contributed by atoms with Crippen LogP contribution in [0.1, 0.15) is 24.0 Å². The van der Waals surface area contributed by atoms with E-state index in [-0.39, 0.29) is 0 Å². The number of nitrogens with one attached hydrogen (secondary N) is 1. The van der Waals surface area contributed by atoms with E-state index >= 15 is 0 Å². The van der Waals surface area contributed by atoms with Crippen molar-refractivity contribution in [1.29, 1.82) is 0 Å². The van der Waals surface area contributed by atoms with Gasteiger partial charge in [-0.3, -0.25) is 0 Å². The van der Waals surface area contributed by atoms with E-state index in [0.717, 1.165) is 19.5 Å². The topological polar surface area (TPSA) is 32.3 Å². The van der Waals surface area contributed by atoms with Crippen LogP contribution in [0.25, 0.3) is 0 Å². The summed E-state index contributed by atoms with van der Waals surface area (Å²) in [5.74, 6) is 0.409. The molecule has 1 saturated heterocycles. The molecule has 1 aliphatic carbocycles. The summed E-state index contributed by atoms with van der Waals surface area (Å²) in [5, 5.41) is 12.9. The van der Waals surface area contributed by atoms with Crippen molar-refractivity contribution < 1.29 is 5.11 Å². The lowest BCUT2D eigenvalue weighted by Crippen LogP contribution is -2.25. The third-order valence-electron chi connectivity index (χ3n) is 3.78. The van der Waals surface area contributed by atoms with Gasteiger partial charge in [-0.2, -0.15) is 0 Å². The second kappa shape index (κ2) is 2.74. The Morgan fingerprint density at radius 1 is 1.29 bits per heavy atom. The van der Waals surface area contributed by atoms with E-state index in [2.05, 4.69) is 11.4 Å². The summed E-state index contributed by atoms with van der Waals surface area (Å²) in [6.07, 6.45) is 3.63. The molecule has 0 amide bonds. The molecule has 0 saturated carbocycles. The van der Waals surface area contributed by atoms with Gasteiger partial charge in [0, 0.05) is 12.0 Å². The van der Waals surface area contributed by atoms with Gasteiger partial charge in [-0.25, -0.2) is 0 Å². The van der Waals surface area contributed by atoms with Gasteiger partial charge in [0.25, 0.3) is 0 Å². The van der Waals surface area contributed by atoms with Gasteiger partial charge < -0.3 is 10.4 Å². The summed E-state index contributed by atoms with van der Waals surface area (Å²) in [7, 11) is 0. The monoisotopic (exact) mass is 189 g/mol. The van der Waals surface area contributed by atoms with E-state index in [4.69, 9.17) is 0 Å². The zero-order valence-corrected chi connectivity index (χ0v) is 8.21. The number of phenolic OH excluding ortho intramolecular Hbond substituents is 1. The van der Waals surface area contributed by atoms with Crippen LogP contribution in [0.4, 0.5) is 0 Å². The molecule has 1 unspecified atom stereocenters. The van der Waals surface area contributed by atoms with Crippen molar-refractivity contribution in [2.45, 2.75) is 24.7 Å². The van der Waals surface area contributed by atoms with Gasteiger partial charge in [0.2, 0.25) is 0 Å². The molecule has 0 bridgehead atoms. The van der Waals surface area contributed by atoms with Gasteiger partial charge in [-0.15, -0.1) is 0 Å². The number of rotatable bonds is 0. The number of fused-ring (bicyclic) bond motifs is 2. The Morgan fingerprint density at radius 3 is 3.00 bits per heavy atom. The highest BCUT2D eigenvalue weighted by Crippen LogP contribution is 2.43. The number of hydrogen-bond acceptors (Lipinski definition) is 2. The van der Waals surface area contributed by atoms with Crippen LogP contribution in [-0.2, 0) is 11.8 Å². The first-order chi connectivity index (χ1) is 6.80. The van der Waals surface area contributed by atoms with Gasteiger partial charge in [0.05, 0.1) is 0 Å². The summed E-state index contributed by atoms with van der Waals surface area (Å²) in [4.78, 5) is 0. The number of benzene rings is 1. The highest BCUT2D eigenvalue weighted by atomic mass is 16.3. The van der Waals surface area contributed by atoms with E-state index in [0.29, 0.717) is 11.2 Å². The van der Waals surface area contributed by atoms with Crippen molar-refractivity contribution in [3.8, 4) is 5.75 Å². The second-order valence-corrected chi connectivity index (χ2v) is 4.55. The van der Waals surface area contributed by atoms with Crippen molar-refractivity contribution in [3.05, 3.63) is 29.3 Å². The Kier molecular flexibility index (Phi) is 1.62. The first kappa shape index (κ1) is 8.30. The lowest BCUT2D eigenvalue weighted by molar-refractivity contribution is 0.466. The third kappa shape index (κ3) is 1.01. The molecule has 2 nitrogen and oxygen atoms in total. The van der Waals surface area contributed by atoms with Gasteiger partial charge in [-0.05, 0) is 49.1 Å². The molecule has 0 radical (unpaired) electrons. The number of hydrogen-bond donors (Lipinski definition) is 2. The van der Waals surface area contributed by atoms with Crippen LogP contribution in [0.2, 0.25) is 0 Å². The Morgan fingerprint density at radius 2 is 2.21 bits per heavy atom. The molecule has 2 heteroatoms. The summed E-state index contributed by atoms with van der Waals surface area (Å²) in [5.41, 5.74) is 3.22. The van der Waals surface area contributed by atoms with Crippen molar-refractivity contribution in [2.24, 2.45) is 0 Å². The third-order valence-corrected chi connectivity index (χ3v) is 3.78. The minimum Gasteiger partial charge on any atom is -0.508 e. The van der Waals surface area contributed by atoms with Crippen LogP contribution in [0, 0.1) is 0 Å². The smallest absolute Gasteiger partial charge is 0.115 e. The lowest BCUT2D eigenvalue weighted by atomic mass is 9.81. The Labute approximate surface area is 84.0 Å². The Hall–Kier alpha value is -1.02. The lowest BCUT2D eigenvalue weighted by Gasteiger charge is -2.23. The van der Waals surface area contributed by atoms with Crippen molar-refractivity contribution in [1.82, 2.24) is 5.32 Å². The average molecular weight is 189 g/mol. The summed E-state index contributed by atoms with van der Waals surface area (Å²) < 4.78 is 0. The van der Waals surface area contributed by atoms with Crippen molar-refractivity contribution in [3.63, 3.8) is 0 Å². The molecule has 1 spiro atoms. The van der Waals surface area contributed by atoms with Crippen molar-refractivity contribution >= 4 is 0 Å². The molecule has 1 fully saturated rings. The minimum absolute atomic E-state index is 0.392. The summed E-state index contributed by atoms with van der Waals surface area (Å²) >= 11 is 0. The summed E-state index contributed by atoms with van der Waals surface area (Å²) in [6.45, 7) is 2.26. The SMILES string of the molecule is Oc1ccc2c(c1)CCC21CCNC1. The van der Waals surface area contributed by atoms with E-state index in [1.807, 2.05) is 12.1 Å². The zero-order chi connectivity index (χ0) is 9.60. The van der Waals surface area contributed by atoms with E-state index in [9.17, 15) is 5.11 Å². The molecule has 74 valence electrons. The molecule has 0 aromatic heterocycles. The maximum Gasteiger partial charge on any atom is 0.115 e. The molecule has 2 aliphatic rings. The molecule has 1 aliphatic heterocycles. The predicted octanol–water partition coefficient (Wildman–Crippen LogP) is 1.57. The van der Waals surface area contributed by atoms with E-state index in [1.54, 1.807) is 0 Å². The fourth-order valence-corrected chi connectivity index (χ4v) is 3.00. The normalized spacial score (nSPS) is 29.7. The standard InChI is InChI=1S/C12H15NO/c14-10-1-2-11-9(7-10)3-4-12(11)5-6-13-8-12/h1-2,7,13-14H,3-6,8H2. The fourth-order valence-electron chi connectivity index (χ4n) is 3.00. The molecular weight excluding hydrogens is 174 g/mol. The highest BCUT2D eigenvalue weighted by molar-refractivity contribution is 5.44. The molecule has 1 aromatic rings. The quantitative estimate of drug-likeness (QED) is 0.649. The van der Waals surface area contributed by atoms with Crippen LogP contribution in [0.5, 0.6) is 5.75 Å². The van der Waals surface area contributed by atoms with Crippen LogP contribution in [0.3, 0.4) is 0 Å². The Balaban J connectivity index is 2.09. The maximum atomic E-state index is 9.41. The van der Waals surface area contributed by atoms with Crippen LogP contribution < -0.4 is 5.32 Å². The van der Waals surface area contributed by atoms with Gasteiger partial charge in [-0.1, -0.05) is 6.07 Å². The molecule has 1 atom stereocenters. The van der Waals surface area contributed by atoms with Gasteiger partial charge >= 0.3 is 0 Å². The zero-order valence-electron chi connectivity index (χ0n) is 8.21. The first-order valence-electron chi connectivity index (χ1n) is 5.33. The minimum atomic E-state index is 0.392. The van der Waals surface area contributed by atoms with Gasteiger partial charge in [0.15, 0.2) is 0 Å². The summed E-state index contributed by atoms with van der Waals surface area (Å²) in [6, 6.07) is 5.87. The molecule has 2 N–H and O–H groups in total. The predicted molar refractivity (Wildman–Crippen MR) is 55.6 cm³/mol. The van der Waals surface area contributed by atoms with Gasteiger partial charge in [0.1, 0.15) is 5.75 Å². The van der Waals surface area contributed by atoms with Crippen LogP contribution in [-0.4, -0.2) is 18.2 Å². The molecule has 14 heavy (non-hydrogen) atoms. The molecule has 1 heterocycles. The number of aromatic hydroxyl groups is 1. The number of phenols is 1. The average Bonchev–Trinajstić information content (AvgIpc) is 2.77.